The van der Waals surface area contributed by atoms with Crippen LogP contribution in [0.25, 0.3) is 0 Å². The van der Waals surface area contributed by atoms with Crippen molar-refractivity contribution in [1.82, 2.24) is 0 Å². The minimum atomic E-state index is -0.0588. The first kappa shape index (κ1) is 46.7. The van der Waals surface area contributed by atoms with E-state index in [0.717, 1.165) is 76.5 Å². The van der Waals surface area contributed by atoms with Crippen molar-refractivity contribution in [2.75, 3.05) is 13.2 Å². The minimum Gasteiger partial charge on any atom is -0.466 e. The lowest BCUT2D eigenvalue weighted by Gasteiger charge is -2.17. The Labute approximate surface area is 304 Å². The van der Waals surface area contributed by atoms with Crippen LogP contribution in [0.4, 0.5) is 0 Å². The van der Waals surface area contributed by atoms with E-state index < -0.39 is 0 Å². The summed E-state index contributed by atoms with van der Waals surface area (Å²) >= 11 is 4.89. The molecule has 1 unspecified atom stereocenters. The van der Waals surface area contributed by atoms with E-state index in [1.807, 2.05) is 0 Å². The number of hydrogen-bond donors (Lipinski definition) is 0. The number of thiocarbonyl (C=S) groups is 1. The van der Waals surface area contributed by atoms with Gasteiger partial charge < -0.3 is 9.47 Å². The Bertz CT molecular complexity index is 742. The van der Waals surface area contributed by atoms with E-state index in [9.17, 15) is 9.59 Å². The van der Waals surface area contributed by atoms with Gasteiger partial charge in [-0.05, 0) is 63.1 Å². The SMILES string of the molecule is CCCCCCCCCCCOC(=O)CCCCCC(CCCCCC(=O)OCCCCC(CCCCCC)CCCCCC)N=C=S. The molecule has 0 rings (SSSR count). The first-order valence-electron chi connectivity index (χ1n) is 20.9. The lowest BCUT2D eigenvalue weighted by molar-refractivity contribution is -0.144. The molecular weight excluding hydrogens is 615 g/mol. The van der Waals surface area contributed by atoms with Crippen LogP contribution in [0.1, 0.15) is 226 Å². The van der Waals surface area contributed by atoms with Gasteiger partial charge in [0, 0.05) is 12.8 Å². The van der Waals surface area contributed by atoms with E-state index in [2.05, 4.69) is 30.9 Å². The fraction of sp³-hybridized carbons (Fsp3) is 0.929. The Morgan fingerprint density at radius 2 is 0.812 bits per heavy atom. The van der Waals surface area contributed by atoms with Crippen molar-refractivity contribution in [2.24, 2.45) is 10.9 Å². The third-order valence-corrected chi connectivity index (χ3v) is 9.89. The van der Waals surface area contributed by atoms with E-state index in [1.165, 1.54) is 122 Å². The van der Waals surface area contributed by atoms with E-state index in [0.29, 0.717) is 26.1 Å². The second kappa shape index (κ2) is 38.5. The molecule has 0 spiro atoms. The molecule has 0 aliphatic rings. The summed E-state index contributed by atoms with van der Waals surface area (Å²) < 4.78 is 11.0. The zero-order chi connectivity index (χ0) is 35.2. The van der Waals surface area contributed by atoms with E-state index >= 15 is 0 Å². The smallest absolute Gasteiger partial charge is 0.305 e. The van der Waals surface area contributed by atoms with Crippen LogP contribution in [-0.4, -0.2) is 36.4 Å². The highest BCUT2D eigenvalue weighted by molar-refractivity contribution is 7.78. The summed E-state index contributed by atoms with van der Waals surface area (Å²) in [7, 11) is 0. The standard InChI is InChI=1S/C42H79NO4S/c1-4-7-10-13-14-15-16-17-27-36-46-41(44)34-24-18-22-32-40(43-38-48)33-23-19-25-35-42(45)47-37-28-26-31-39(29-20-11-8-5-2)30-21-12-9-6-3/h39-40H,4-37H2,1-3H3. The van der Waals surface area contributed by atoms with E-state index in [1.54, 1.807) is 0 Å². The quantitative estimate of drug-likeness (QED) is 0.0279. The Balaban J connectivity index is 3.83. The van der Waals surface area contributed by atoms with Gasteiger partial charge >= 0.3 is 11.9 Å². The van der Waals surface area contributed by atoms with Gasteiger partial charge in [-0.2, -0.15) is 0 Å². The van der Waals surface area contributed by atoms with Crippen LogP contribution in [0.15, 0.2) is 4.99 Å². The zero-order valence-electron chi connectivity index (χ0n) is 32.2. The van der Waals surface area contributed by atoms with Gasteiger partial charge in [-0.15, -0.1) is 0 Å². The number of ether oxygens (including phenoxy) is 2. The molecule has 0 aliphatic heterocycles. The number of esters is 2. The molecule has 0 fully saturated rings. The minimum absolute atomic E-state index is 0.0502. The topological polar surface area (TPSA) is 65.0 Å². The van der Waals surface area contributed by atoms with Gasteiger partial charge in [0.25, 0.3) is 0 Å². The summed E-state index contributed by atoms with van der Waals surface area (Å²) in [4.78, 5) is 28.7. The first-order valence-corrected chi connectivity index (χ1v) is 21.4. The van der Waals surface area contributed by atoms with Crippen molar-refractivity contribution in [1.29, 1.82) is 0 Å². The molecule has 0 amide bonds. The maximum absolute atomic E-state index is 12.2. The number of rotatable bonds is 38. The van der Waals surface area contributed by atoms with E-state index in [-0.39, 0.29) is 18.0 Å². The average Bonchev–Trinajstić information content (AvgIpc) is 3.08. The van der Waals surface area contributed by atoms with Crippen molar-refractivity contribution in [3.05, 3.63) is 0 Å². The van der Waals surface area contributed by atoms with Crippen LogP contribution < -0.4 is 0 Å². The molecular formula is C42H79NO4S. The van der Waals surface area contributed by atoms with Gasteiger partial charge in [0.15, 0.2) is 0 Å². The van der Waals surface area contributed by atoms with Gasteiger partial charge in [-0.3, -0.25) is 9.59 Å². The maximum Gasteiger partial charge on any atom is 0.305 e. The van der Waals surface area contributed by atoms with Crippen molar-refractivity contribution >= 4 is 29.3 Å². The second-order valence-corrected chi connectivity index (χ2v) is 14.6. The molecule has 0 aliphatic carbocycles. The molecule has 6 heteroatoms. The van der Waals surface area contributed by atoms with Crippen LogP contribution in [0.5, 0.6) is 0 Å². The lowest BCUT2D eigenvalue weighted by Crippen LogP contribution is -2.08. The number of aliphatic imine (C=N–C) groups is 1. The Morgan fingerprint density at radius 3 is 1.25 bits per heavy atom. The van der Waals surface area contributed by atoms with Crippen molar-refractivity contribution in [2.45, 2.75) is 232 Å². The molecule has 48 heavy (non-hydrogen) atoms. The van der Waals surface area contributed by atoms with Crippen molar-refractivity contribution < 1.29 is 19.1 Å². The number of unbranched alkanes of at least 4 members (excludes halogenated alkanes) is 19. The summed E-state index contributed by atoms with van der Waals surface area (Å²) in [6, 6.07) is 0.190. The third-order valence-electron chi connectivity index (χ3n) is 9.78. The number of carbonyl (C=O) groups is 2. The predicted octanol–water partition coefficient (Wildman–Crippen LogP) is 13.7. The summed E-state index contributed by atoms with van der Waals surface area (Å²) in [6.45, 7) is 7.95. The fourth-order valence-corrected chi connectivity index (χ4v) is 6.77. The molecule has 1 atom stereocenters. The van der Waals surface area contributed by atoms with Gasteiger partial charge in [0.2, 0.25) is 0 Å². The molecule has 0 aromatic rings. The molecule has 0 radical (unpaired) electrons. The molecule has 0 saturated heterocycles. The zero-order valence-corrected chi connectivity index (χ0v) is 33.0. The Kier molecular flexibility index (Phi) is 37.5. The highest BCUT2D eigenvalue weighted by Crippen LogP contribution is 2.24. The van der Waals surface area contributed by atoms with Crippen LogP contribution in [-0.2, 0) is 19.1 Å². The third kappa shape index (κ3) is 34.6. The number of carbonyl (C=O) groups excluding carboxylic acids is 2. The molecule has 0 aromatic carbocycles. The van der Waals surface area contributed by atoms with Gasteiger partial charge in [-0.25, -0.2) is 4.99 Å². The molecule has 0 aromatic heterocycles. The monoisotopic (exact) mass is 694 g/mol. The average molecular weight is 694 g/mol. The van der Waals surface area contributed by atoms with Crippen LogP contribution >= 0.6 is 12.2 Å². The van der Waals surface area contributed by atoms with Crippen LogP contribution in [0.2, 0.25) is 0 Å². The highest BCUT2D eigenvalue weighted by Gasteiger charge is 2.11. The number of nitrogens with zero attached hydrogens (tertiary/aromatic N) is 1. The highest BCUT2D eigenvalue weighted by atomic mass is 32.1. The number of hydrogen-bond acceptors (Lipinski definition) is 6. The maximum atomic E-state index is 12.2. The van der Waals surface area contributed by atoms with E-state index in [4.69, 9.17) is 21.7 Å². The molecule has 0 N–H and O–H groups in total. The Morgan fingerprint density at radius 1 is 0.479 bits per heavy atom. The molecule has 282 valence electrons. The summed E-state index contributed by atoms with van der Waals surface area (Å²) in [5, 5.41) is 2.57. The number of isothiocyanates is 1. The molecule has 0 bridgehead atoms. The molecule has 0 heterocycles. The Hall–Kier alpha value is -1.26. The molecule has 5 nitrogen and oxygen atoms in total. The first-order chi connectivity index (χ1) is 23.6. The summed E-state index contributed by atoms with van der Waals surface area (Å²) in [6.07, 6.45) is 37.2. The van der Waals surface area contributed by atoms with Crippen molar-refractivity contribution in [3.8, 4) is 0 Å². The largest absolute Gasteiger partial charge is 0.466 e. The van der Waals surface area contributed by atoms with Gasteiger partial charge in [-0.1, -0.05) is 168 Å². The van der Waals surface area contributed by atoms with Crippen LogP contribution in [0, 0.1) is 5.92 Å². The van der Waals surface area contributed by atoms with Crippen LogP contribution in [0.3, 0.4) is 0 Å². The van der Waals surface area contributed by atoms with Crippen molar-refractivity contribution in [3.63, 3.8) is 0 Å². The fourth-order valence-electron chi connectivity index (χ4n) is 6.62. The predicted molar refractivity (Wildman–Crippen MR) is 209 cm³/mol. The van der Waals surface area contributed by atoms with Gasteiger partial charge in [0.05, 0.1) is 24.4 Å². The second-order valence-electron chi connectivity index (χ2n) is 14.4. The normalized spacial score (nSPS) is 11.8. The van der Waals surface area contributed by atoms with Gasteiger partial charge in [0.1, 0.15) is 0 Å². The summed E-state index contributed by atoms with van der Waals surface area (Å²) in [5.74, 6) is 0.742. The lowest BCUT2D eigenvalue weighted by atomic mass is 9.90. The summed E-state index contributed by atoms with van der Waals surface area (Å²) in [5.41, 5.74) is 0. The molecule has 0 saturated carbocycles.